The van der Waals surface area contributed by atoms with Gasteiger partial charge in [-0.25, -0.2) is 4.98 Å². The molecule has 0 spiro atoms. The van der Waals surface area contributed by atoms with Gasteiger partial charge in [0.1, 0.15) is 12.4 Å². The molecule has 1 rings (SSSR count). The largest absolute Gasteiger partial charge is 0.355 e. The van der Waals surface area contributed by atoms with Crippen LogP contribution < -0.4 is 10.6 Å². The van der Waals surface area contributed by atoms with Crippen molar-refractivity contribution < 1.29 is 4.79 Å². The molecule has 1 unspecified atom stereocenters. The van der Waals surface area contributed by atoms with Gasteiger partial charge in [-0.2, -0.15) is 0 Å². The zero-order valence-corrected chi connectivity index (χ0v) is 11.8. The summed E-state index contributed by atoms with van der Waals surface area (Å²) in [4.78, 5) is 16.3. The van der Waals surface area contributed by atoms with Crippen molar-refractivity contribution in [2.24, 2.45) is 0 Å². The molecule has 0 saturated carbocycles. The first-order valence-corrected chi connectivity index (χ1v) is 6.62. The van der Waals surface area contributed by atoms with E-state index in [4.69, 9.17) is 0 Å². The van der Waals surface area contributed by atoms with Crippen LogP contribution in [0.2, 0.25) is 0 Å². The van der Waals surface area contributed by atoms with E-state index in [2.05, 4.69) is 29.5 Å². The van der Waals surface area contributed by atoms with Crippen LogP contribution in [0.25, 0.3) is 0 Å². The summed E-state index contributed by atoms with van der Waals surface area (Å²) in [7, 11) is 1.91. The van der Waals surface area contributed by atoms with Gasteiger partial charge in [0.25, 0.3) is 0 Å². The molecule has 2 N–H and O–H groups in total. The number of imidazole rings is 1. The Kier molecular flexibility index (Phi) is 5.85. The smallest absolute Gasteiger partial charge is 0.239 e. The van der Waals surface area contributed by atoms with E-state index in [9.17, 15) is 4.79 Å². The van der Waals surface area contributed by atoms with E-state index in [1.807, 2.05) is 24.7 Å². The van der Waals surface area contributed by atoms with E-state index in [1.54, 1.807) is 0 Å². The second-order valence-corrected chi connectivity index (χ2v) is 4.42. The summed E-state index contributed by atoms with van der Waals surface area (Å²) >= 11 is 0. The number of hydrogen-bond donors (Lipinski definition) is 2. The molecular weight excluding hydrogens is 228 g/mol. The number of hydrogen-bond acceptors (Lipinski definition) is 3. The molecule has 0 fully saturated rings. The van der Waals surface area contributed by atoms with Crippen LogP contribution in [0.15, 0.2) is 6.20 Å². The molecule has 1 aromatic rings. The lowest BCUT2D eigenvalue weighted by molar-refractivity contribution is -0.121. The van der Waals surface area contributed by atoms with E-state index in [-0.39, 0.29) is 11.9 Å². The van der Waals surface area contributed by atoms with Crippen molar-refractivity contribution in [3.05, 3.63) is 17.7 Å². The average Bonchev–Trinajstić information content (AvgIpc) is 2.78. The van der Waals surface area contributed by atoms with Crippen LogP contribution in [-0.4, -0.2) is 29.1 Å². The number of nitrogens with zero attached hydrogens (tertiary/aromatic N) is 2. The van der Waals surface area contributed by atoms with Crippen molar-refractivity contribution in [1.29, 1.82) is 0 Å². The van der Waals surface area contributed by atoms with Crippen molar-refractivity contribution in [2.45, 2.75) is 46.2 Å². The normalized spacial score (nSPS) is 12.4. The quantitative estimate of drug-likeness (QED) is 0.768. The highest BCUT2D eigenvalue weighted by Crippen LogP contribution is 2.12. The van der Waals surface area contributed by atoms with E-state index in [0.29, 0.717) is 6.54 Å². The molecule has 0 aliphatic carbocycles. The molecule has 5 heteroatoms. The molecular formula is C13H24N4O. The molecule has 1 atom stereocenters. The maximum atomic E-state index is 11.7. The third-order valence-corrected chi connectivity index (χ3v) is 2.96. The molecule has 0 radical (unpaired) electrons. The number of rotatable bonds is 7. The van der Waals surface area contributed by atoms with Crippen molar-refractivity contribution in [3.8, 4) is 0 Å². The standard InChI is InChI=1S/C13H24N4O/c1-5-7-15-13(18)9-17-8-11(10(3)14-4)16-12(17)6-2/h8,10,14H,5-7,9H2,1-4H3,(H,15,18). The minimum Gasteiger partial charge on any atom is -0.355 e. The van der Waals surface area contributed by atoms with Crippen molar-refractivity contribution in [2.75, 3.05) is 13.6 Å². The van der Waals surface area contributed by atoms with Crippen LogP contribution in [0.1, 0.15) is 44.8 Å². The summed E-state index contributed by atoms with van der Waals surface area (Å²) in [6.45, 7) is 7.24. The highest BCUT2D eigenvalue weighted by molar-refractivity contribution is 5.75. The maximum Gasteiger partial charge on any atom is 0.239 e. The molecule has 0 aliphatic heterocycles. The fourth-order valence-corrected chi connectivity index (χ4v) is 1.73. The lowest BCUT2D eigenvalue weighted by Crippen LogP contribution is -2.28. The van der Waals surface area contributed by atoms with Crippen molar-refractivity contribution >= 4 is 5.91 Å². The molecule has 1 heterocycles. The van der Waals surface area contributed by atoms with Crippen LogP contribution in [0, 0.1) is 0 Å². The minimum absolute atomic E-state index is 0.0487. The average molecular weight is 252 g/mol. The predicted molar refractivity (Wildman–Crippen MR) is 72.4 cm³/mol. The second kappa shape index (κ2) is 7.16. The molecule has 18 heavy (non-hydrogen) atoms. The fraction of sp³-hybridized carbons (Fsp3) is 0.692. The van der Waals surface area contributed by atoms with E-state index < -0.39 is 0 Å². The molecule has 102 valence electrons. The number of aromatic nitrogens is 2. The summed E-state index contributed by atoms with van der Waals surface area (Å²) < 4.78 is 1.94. The van der Waals surface area contributed by atoms with Crippen LogP contribution in [-0.2, 0) is 17.8 Å². The molecule has 0 aromatic carbocycles. The summed E-state index contributed by atoms with van der Waals surface area (Å²) in [6.07, 6.45) is 3.75. The Morgan fingerprint density at radius 3 is 2.78 bits per heavy atom. The first-order valence-electron chi connectivity index (χ1n) is 6.62. The third-order valence-electron chi connectivity index (χ3n) is 2.96. The van der Waals surface area contributed by atoms with E-state index >= 15 is 0 Å². The highest BCUT2D eigenvalue weighted by Gasteiger charge is 2.12. The highest BCUT2D eigenvalue weighted by atomic mass is 16.1. The van der Waals surface area contributed by atoms with Crippen molar-refractivity contribution in [3.63, 3.8) is 0 Å². The van der Waals surface area contributed by atoms with Crippen LogP contribution in [0.4, 0.5) is 0 Å². The number of carbonyl (C=O) groups is 1. The molecule has 1 aromatic heterocycles. The zero-order valence-electron chi connectivity index (χ0n) is 11.8. The SMILES string of the molecule is CCCNC(=O)Cn1cc(C(C)NC)nc1CC. The van der Waals surface area contributed by atoms with Gasteiger partial charge in [0, 0.05) is 25.2 Å². The number of nitrogens with one attached hydrogen (secondary N) is 2. The first kappa shape index (κ1) is 14.7. The Morgan fingerprint density at radius 2 is 2.22 bits per heavy atom. The van der Waals surface area contributed by atoms with Gasteiger partial charge in [0.05, 0.1) is 5.69 Å². The summed E-state index contributed by atoms with van der Waals surface area (Å²) in [5.74, 6) is 1.01. The zero-order chi connectivity index (χ0) is 13.5. The molecule has 1 amide bonds. The number of aryl methyl sites for hydroxylation is 1. The Bertz CT molecular complexity index is 386. The van der Waals surface area contributed by atoms with Crippen LogP contribution >= 0.6 is 0 Å². The topological polar surface area (TPSA) is 59.0 Å². The third kappa shape index (κ3) is 3.84. The summed E-state index contributed by atoms with van der Waals surface area (Å²) in [5.41, 5.74) is 0.984. The molecule has 0 saturated heterocycles. The van der Waals surface area contributed by atoms with Crippen LogP contribution in [0.3, 0.4) is 0 Å². The lowest BCUT2D eigenvalue weighted by atomic mass is 10.3. The Hall–Kier alpha value is -1.36. The number of carbonyl (C=O) groups excluding carboxylic acids is 1. The minimum atomic E-state index is 0.0487. The van der Waals surface area contributed by atoms with Gasteiger partial charge in [-0.1, -0.05) is 13.8 Å². The summed E-state index contributed by atoms with van der Waals surface area (Å²) in [5, 5.41) is 6.04. The van der Waals surface area contributed by atoms with E-state index in [0.717, 1.165) is 30.9 Å². The Labute approximate surface area is 109 Å². The monoisotopic (exact) mass is 252 g/mol. The first-order chi connectivity index (χ1) is 8.62. The van der Waals surface area contributed by atoms with Crippen molar-refractivity contribution in [1.82, 2.24) is 20.2 Å². The number of amides is 1. The Morgan fingerprint density at radius 1 is 1.50 bits per heavy atom. The molecule has 0 aliphatic rings. The maximum absolute atomic E-state index is 11.7. The van der Waals surface area contributed by atoms with Gasteiger partial charge in [0.15, 0.2) is 0 Å². The van der Waals surface area contributed by atoms with Gasteiger partial charge in [0.2, 0.25) is 5.91 Å². The summed E-state index contributed by atoms with van der Waals surface area (Å²) in [6, 6.07) is 0.204. The van der Waals surface area contributed by atoms with Gasteiger partial charge in [-0.15, -0.1) is 0 Å². The lowest BCUT2D eigenvalue weighted by Gasteiger charge is -2.07. The second-order valence-electron chi connectivity index (χ2n) is 4.42. The van der Waals surface area contributed by atoms with Gasteiger partial charge in [-0.3, -0.25) is 4.79 Å². The van der Waals surface area contributed by atoms with Gasteiger partial charge in [-0.05, 0) is 20.4 Å². The Balaban J connectivity index is 2.74. The molecule has 0 bridgehead atoms. The predicted octanol–water partition coefficient (Wildman–Crippen LogP) is 1.25. The van der Waals surface area contributed by atoms with Gasteiger partial charge >= 0.3 is 0 Å². The van der Waals surface area contributed by atoms with Crippen LogP contribution in [0.5, 0.6) is 0 Å². The molecule has 5 nitrogen and oxygen atoms in total. The van der Waals surface area contributed by atoms with Gasteiger partial charge < -0.3 is 15.2 Å². The fourth-order valence-electron chi connectivity index (χ4n) is 1.73. The van der Waals surface area contributed by atoms with E-state index in [1.165, 1.54) is 0 Å².